The van der Waals surface area contributed by atoms with Gasteiger partial charge in [0.25, 0.3) is 0 Å². The quantitative estimate of drug-likeness (QED) is 0.669. The van der Waals surface area contributed by atoms with Crippen LogP contribution in [0, 0.1) is 12.7 Å². The van der Waals surface area contributed by atoms with Crippen molar-refractivity contribution in [2.75, 3.05) is 31.9 Å². The Bertz CT molecular complexity index is 952. The predicted molar refractivity (Wildman–Crippen MR) is 107 cm³/mol. The van der Waals surface area contributed by atoms with E-state index in [0.717, 1.165) is 6.07 Å². The normalized spacial score (nSPS) is 14.8. The molecule has 9 heteroatoms. The lowest BCUT2D eigenvalue weighted by atomic mass is 10.0. The number of hydrogen-bond donors (Lipinski definition) is 3. The molecule has 1 aliphatic heterocycles. The molecule has 7 nitrogen and oxygen atoms in total. The zero-order valence-electron chi connectivity index (χ0n) is 16.4. The first-order valence-electron chi connectivity index (χ1n) is 9.42. The van der Waals surface area contributed by atoms with Gasteiger partial charge in [0, 0.05) is 30.5 Å². The molecule has 2 aromatic rings. The minimum absolute atomic E-state index is 0.169. The number of aliphatic hydroxyl groups is 2. The van der Waals surface area contributed by atoms with E-state index in [1.165, 1.54) is 6.20 Å². The Kier molecular flexibility index (Phi) is 6.96. The number of anilines is 1. The van der Waals surface area contributed by atoms with Crippen LogP contribution in [0.3, 0.4) is 0 Å². The van der Waals surface area contributed by atoms with Crippen LogP contribution in [-0.2, 0) is 0 Å². The molecule has 1 aromatic heterocycles. The molecular weight excluding hydrogens is 396 g/mol. The van der Waals surface area contributed by atoms with Gasteiger partial charge in [-0.1, -0.05) is 6.08 Å². The van der Waals surface area contributed by atoms with Crippen molar-refractivity contribution in [2.24, 2.45) is 0 Å². The number of pyridine rings is 1. The molecule has 30 heavy (non-hydrogen) atoms. The van der Waals surface area contributed by atoms with E-state index in [-0.39, 0.29) is 23.8 Å². The van der Waals surface area contributed by atoms with Crippen LogP contribution in [0.4, 0.5) is 19.3 Å². The van der Waals surface area contributed by atoms with Gasteiger partial charge in [-0.3, -0.25) is 4.98 Å². The number of aryl methyl sites for hydroxylation is 1. The second-order valence-corrected chi connectivity index (χ2v) is 6.89. The standard InChI is InChI=1S/C21H23F2N3O4/c1-13-8-16(2-3-19(13)30-12-22)25-21(29)26-6-4-14(5-7-26)20-17(23)9-15(10-24-20)18(28)11-27/h2-4,8-10,18,27-28H,5-7,11-12H2,1H3,(H,25,29)/t18-/m1/s1. The smallest absolute Gasteiger partial charge is 0.322 e. The summed E-state index contributed by atoms with van der Waals surface area (Å²) >= 11 is 0. The summed E-state index contributed by atoms with van der Waals surface area (Å²) in [6, 6.07) is 5.75. The van der Waals surface area contributed by atoms with Crippen molar-refractivity contribution in [2.45, 2.75) is 19.4 Å². The molecule has 0 unspecified atom stereocenters. The molecule has 0 spiro atoms. The third-order valence-corrected chi connectivity index (χ3v) is 4.86. The number of nitrogens with one attached hydrogen (secondary N) is 1. The summed E-state index contributed by atoms with van der Waals surface area (Å²) in [7, 11) is 0. The minimum atomic E-state index is -1.18. The fourth-order valence-corrected chi connectivity index (χ4v) is 3.20. The number of urea groups is 1. The van der Waals surface area contributed by atoms with E-state index < -0.39 is 25.4 Å². The SMILES string of the molecule is Cc1cc(NC(=O)N2CC=C(c3ncc([C@H](O)CO)cc3F)CC2)ccc1OCF. The van der Waals surface area contributed by atoms with Crippen LogP contribution < -0.4 is 10.1 Å². The average molecular weight is 419 g/mol. The van der Waals surface area contributed by atoms with Gasteiger partial charge in [-0.2, -0.15) is 0 Å². The average Bonchev–Trinajstić information content (AvgIpc) is 2.75. The van der Waals surface area contributed by atoms with Gasteiger partial charge in [0.15, 0.2) is 0 Å². The molecule has 0 aliphatic carbocycles. The molecule has 0 fully saturated rings. The Labute approximate surface area is 172 Å². The fraction of sp³-hybridized carbons (Fsp3) is 0.333. The van der Waals surface area contributed by atoms with Gasteiger partial charge >= 0.3 is 6.03 Å². The Morgan fingerprint density at radius 1 is 1.40 bits per heavy atom. The molecule has 1 aliphatic rings. The van der Waals surface area contributed by atoms with Crippen LogP contribution in [0.5, 0.6) is 5.75 Å². The number of amides is 2. The van der Waals surface area contributed by atoms with Crippen molar-refractivity contribution in [1.29, 1.82) is 0 Å². The molecule has 0 radical (unpaired) electrons. The summed E-state index contributed by atoms with van der Waals surface area (Å²) < 4.78 is 31.5. The van der Waals surface area contributed by atoms with Crippen LogP contribution in [0.1, 0.15) is 29.3 Å². The summed E-state index contributed by atoms with van der Waals surface area (Å²) in [5.74, 6) is -0.177. The molecule has 0 bridgehead atoms. The summed E-state index contributed by atoms with van der Waals surface area (Å²) in [4.78, 5) is 18.2. The highest BCUT2D eigenvalue weighted by Gasteiger charge is 2.21. The molecule has 3 rings (SSSR count). The number of hydrogen-bond acceptors (Lipinski definition) is 5. The van der Waals surface area contributed by atoms with Crippen molar-refractivity contribution in [3.05, 3.63) is 59.2 Å². The highest BCUT2D eigenvalue weighted by atomic mass is 19.1. The Balaban J connectivity index is 1.64. The minimum Gasteiger partial charge on any atom is -0.463 e. The highest BCUT2D eigenvalue weighted by Crippen LogP contribution is 2.26. The van der Waals surface area contributed by atoms with Gasteiger partial charge in [0.05, 0.1) is 6.61 Å². The molecule has 2 heterocycles. The van der Waals surface area contributed by atoms with Crippen molar-refractivity contribution in [3.8, 4) is 5.75 Å². The van der Waals surface area contributed by atoms with Crippen molar-refractivity contribution < 1.29 is 28.5 Å². The van der Waals surface area contributed by atoms with E-state index in [2.05, 4.69) is 10.3 Å². The topological polar surface area (TPSA) is 94.9 Å². The maximum atomic E-state index is 14.4. The number of ether oxygens (including phenoxy) is 1. The lowest BCUT2D eigenvalue weighted by Crippen LogP contribution is -2.38. The third kappa shape index (κ3) is 4.92. The number of nitrogens with zero attached hydrogens (tertiary/aromatic N) is 2. The number of carbonyl (C=O) groups excluding carboxylic acids is 1. The van der Waals surface area contributed by atoms with E-state index in [1.807, 2.05) is 0 Å². The van der Waals surface area contributed by atoms with Gasteiger partial charge in [-0.05, 0) is 48.7 Å². The fourth-order valence-electron chi connectivity index (χ4n) is 3.20. The van der Waals surface area contributed by atoms with Crippen molar-refractivity contribution >= 4 is 17.3 Å². The van der Waals surface area contributed by atoms with Crippen LogP contribution in [-0.4, -0.2) is 52.7 Å². The maximum Gasteiger partial charge on any atom is 0.322 e. The van der Waals surface area contributed by atoms with Crippen LogP contribution in [0.25, 0.3) is 5.57 Å². The summed E-state index contributed by atoms with van der Waals surface area (Å²) in [6.45, 7) is 0.976. The van der Waals surface area contributed by atoms with Crippen LogP contribution in [0.15, 0.2) is 36.5 Å². The lowest BCUT2D eigenvalue weighted by Gasteiger charge is -2.27. The van der Waals surface area contributed by atoms with Gasteiger partial charge in [0.1, 0.15) is 23.4 Å². The Morgan fingerprint density at radius 2 is 2.20 bits per heavy atom. The Hall–Kier alpha value is -3.04. The zero-order chi connectivity index (χ0) is 21.7. The first-order valence-corrected chi connectivity index (χ1v) is 9.42. The van der Waals surface area contributed by atoms with E-state index in [9.17, 15) is 18.7 Å². The number of halogens is 2. The predicted octanol–water partition coefficient (Wildman–Crippen LogP) is 3.18. The highest BCUT2D eigenvalue weighted by molar-refractivity contribution is 5.90. The largest absolute Gasteiger partial charge is 0.463 e. The first kappa shape index (κ1) is 21.7. The maximum absolute atomic E-state index is 14.4. The molecule has 0 saturated heterocycles. The van der Waals surface area contributed by atoms with Crippen molar-refractivity contribution in [3.63, 3.8) is 0 Å². The van der Waals surface area contributed by atoms with Gasteiger partial charge in [-0.25, -0.2) is 13.6 Å². The lowest BCUT2D eigenvalue weighted by molar-refractivity contribution is 0.0950. The Morgan fingerprint density at radius 3 is 2.80 bits per heavy atom. The summed E-state index contributed by atoms with van der Waals surface area (Å²) in [6.07, 6.45) is 2.31. The van der Waals surface area contributed by atoms with Crippen LogP contribution >= 0.6 is 0 Å². The number of aromatic nitrogens is 1. The zero-order valence-corrected chi connectivity index (χ0v) is 16.4. The number of carbonyl (C=O) groups is 1. The number of aliphatic hydroxyl groups excluding tert-OH is 2. The molecule has 2 amide bonds. The second kappa shape index (κ2) is 9.64. The molecule has 1 atom stereocenters. The monoisotopic (exact) mass is 419 g/mol. The first-order chi connectivity index (χ1) is 14.4. The molecular formula is C21H23F2N3O4. The van der Waals surface area contributed by atoms with Gasteiger partial charge < -0.3 is 25.2 Å². The summed E-state index contributed by atoms with van der Waals surface area (Å²) in [5.41, 5.74) is 2.30. The number of benzene rings is 1. The van der Waals surface area contributed by atoms with E-state index in [1.54, 1.807) is 36.1 Å². The number of rotatable bonds is 6. The molecule has 1 aromatic carbocycles. The van der Waals surface area contributed by atoms with Crippen molar-refractivity contribution in [1.82, 2.24) is 9.88 Å². The van der Waals surface area contributed by atoms with E-state index >= 15 is 0 Å². The van der Waals surface area contributed by atoms with E-state index in [4.69, 9.17) is 9.84 Å². The molecule has 3 N–H and O–H groups in total. The molecule has 160 valence electrons. The second-order valence-electron chi connectivity index (χ2n) is 6.89. The molecule has 0 saturated carbocycles. The summed E-state index contributed by atoms with van der Waals surface area (Å²) in [5, 5.41) is 21.3. The third-order valence-electron chi connectivity index (χ3n) is 4.86. The van der Waals surface area contributed by atoms with Gasteiger partial charge in [0.2, 0.25) is 6.86 Å². The van der Waals surface area contributed by atoms with Gasteiger partial charge in [-0.15, -0.1) is 0 Å². The van der Waals surface area contributed by atoms with E-state index in [0.29, 0.717) is 35.5 Å². The van der Waals surface area contributed by atoms with Crippen LogP contribution in [0.2, 0.25) is 0 Å². The number of alkyl halides is 1.